The number of benzene rings is 1. The molecule has 1 aromatic rings. The Morgan fingerprint density at radius 1 is 0.731 bits per heavy atom. The van der Waals surface area contributed by atoms with E-state index in [1.807, 2.05) is 20.8 Å². The summed E-state index contributed by atoms with van der Waals surface area (Å²) in [4.78, 5) is 81.7. The van der Waals surface area contributed by atoms with Crippen LogP contribution in [0.15, 0.2) is 30.3 Å². The molecule has 1 fully saturated rings. The monoisotopic (exact) mass is 731 g/mol. The van der Waals surface area contributed by atoms with Crippen LogP contribution >= 0.6 is 0 Å². The minimum atomic E-state index is -1.59. The van der Waals surface area contributed by atoms with Crippen LogP contribution in [0.2, 0.25) is 0 Å². The first-order valence-corrected chi connectivity index (χ1v) is 18.7. The molecule has 1 saturated heterocycles. The molecule has 0 spiro atoms. The fourth-order valence-corrected chi connectivity index (χ4v) is 5.95. The van der Waals surface area contributed by atoms with Gasteiger partial charge < -0.3 is 41.5 Å². The van der Waals surface area contributed by atoms with Gasteiger partial charge in [-0.2, -0.15) is 0 Å². The van der Waals surface area contributed by atoms with Gasteiger partial charge in [0, 0.05) is 6.42 Å². The summed E-state index contributed by atoms with van der Waals surface area (Å²) < 4.78 is 5.97. The van der Waals surface area contributed by atoms with Crippen molar-refractivity contribution in [3.05, 3.63) is 35.9 Å². The molecule has 14 nitrogen and oxygen atoms in total. The zero-order valence-electron chi connectivity index (χ0n) is 31.6. The van der Waals surface area contributed by atoms with Crippen molar-refractivity contribution in [1.82, 2.24) is 26.6 Å². The Morgan fingerprint density at radius 3 is 1.92 bits per heavy atom. The number of aliphatic hydroxyl groups excluding tert-OH is 2. The molecule has 0 radical (unpaired) electrons. The molecule has 52 heavy (non-hydrogen) atoms. The number of ether oxygens (including phenoxy) is 1. The first-order chi connectivity index (χ1) is 24.7. The zero-order chi connectivity index (χ0) is 38.8. The number of cyclic esters (lactones) is 1. The number of rotatable bonds is 14. The predicted octanol–water partition coefficient (Wildman–Crippen LogP) is 1.79. The van der Waals surface area contributed by atoms with Crippen LogP contribution in [0.25, 0.3) is 0 Å². The molecule has 0 saturated carbocycles. The largest absolute Gasteiger partial charge is 0.460 e. The van der Waals surface area contributed by atoms with E-state index in [0.29, 0.717) is 24.8 Å². The summed E-state index contributed by atoms with van der Waals surface area (Å²) in [6, 6.07) is 2.26. The number of esters is 1. The van der Waals surface area contributed by atoms with Crippen LogP contribution in [0.5, 0.6) is 0 Å². The molecule has 5 amide bonds. The molecule has 1 heterocycles. The summed E-state index contributed by atoms with van der Waals surface area (Å²) in [7, 11) is 0. The summed E-state index contributed by atoms with van der Waals surface area (Å²) in [6.45, 7) is 9.86. The molecule has 14 heteroatoms. The fourth-order valence-electron chi connectivity index (χ4n) is 5.95. The number of carbonyl (C=O) groups is 6. The van der Waals surface area contributed by atoms with Gasteiger partial charge in [-0.05, 0) is 43.6 Å². The van der Waals surface area contributed by atoms with Crippen molar-refractivity contribution in [3.63, 3.8) is 0 Å². The van der Waals surface area contributed by atoms with E-state index in [4.69, 9.17) is 4.74 Å². The van der Waals surface area contributed by atoms with E-state index >= 15 is 0 Å². The van der Waals surface area contributed by atoms with Crippen molar-refractivity contribution in [2.75, 3.05) is 6.61 Å². The minimum absolute atomic E-state index is 0.00822. The number of hydrogen-bond acceptors (Lipinski definition) is 9. The smallest absolute Gasteiger partial charge is 0.329 e. The van der Waals surface area contributed by atoms with Gasteiger partial charge in [0.1, 0.15) is 36.3 Å². The van der Waals surface area contributed by atoms with Crippen molar-refractivity contribution < 1.29 is 43.7 Å². The Kier molecular flexibility index (Phi) is 19.3. The molecular formula is C38H61N5O9. The van der Waals surface area contributed by atoms with E-state index in [1.54, 1.807) is 37.3 Å². The molecule has 8 atom stereocenters. The van der Waals surface area contributed by atoms with Gasteiger partial charge in [0.05, 0.1) is 19.1 Å². The lowest BCUT2D eigenvalue weighted by atomic mass is 9.97. The lowest BCUT2D eigenvalue weighted by molar-refractivity contribution is -0.156. The third kappa shape index (κ3) is 14.9. The molecule has 1 aliphatic rings. The van der Waals surface area contributed by atoms with E-state index in [-0.39, 0.29) is 25.2 Å². The average Bonchev–Trinajstić information content (AvgIpc) is 3.09. The molecule has 7 N–H and O–H groups in total. The van der Waals surface area contributed by atoms with E-state index in [0.717, 1.165) is 25.7 Å². The topological polar surface area (TPSA) is 212 Å². The van der Waals surface area contributed by atoms with Crippen LogP contribution < -0.4 is 26.6 Å². The second kappa shape index (κ2) is 22.8. The number of hydrogen-bond donors (Lipinski definition) is 7. The molecule has 1 aromatic carbocycles. The maximum atomic E-state index is 14.0. The first kappa shape index (κ1) is 44.1. The maximum Gasteiger partial charge on any atom is 0.329 e. The van der Waals surface area contributed by atoms with Gasteiger partial charge >= 0.3 is 5.97 Å². The van der Waals surface area contributed by atoms with Crippen molar-refractivity contribution in [3.8, 4) is 0 Å². The van der Waals surface area contributed by atoms with Crippen LogP contribution in [0.1, 0.15) is 105 Å². The van der Waals surface area contributed by atoms with Crippen molar-refractivity contribution in [2.24, 2.45) is 11.8 Å². The molecule has 0 bridgehead atoms. The van der Waals surface area contributed by atoms with Gasteiger partial charge in [-0.3, -0.25) is 24.0 Å². The molecular weight excluding hydrogens is 670 g/mol. The second-order valence-electron chi connectivity index (χ2n) is 14.3. The third-order valence-corrected chi connectivity index (χ3v) is 9.24. The maximum absolute atomic E-state index is 14.0. The van der Waals surface area contributed by atoms with Gasteiger partial charge in [0.15, 0.2) is 0 Å². The molecule has 0 aliphatic carbocycles. The summed E-state index contributed by atoms with van der Waals surface area (Å²) >= 11 is 0. The fraction of sp³-hybridized carbons (Fsp3) is 0.684. The van der Waals surface area contributed by atoms with Crippen LogP contribution in [0.4, 0.5) is 0 Å². The zero-order valence-corrected chi connectivity index (χ0v) is 31.6. The number of unbranched alkanes of at least 4 members (excludes halogenated alkanes) is 4. The number of aliphatic hydroxyl groups is 2. The van der Waals surface area contributed by atoms with Crippen LogP contribution in [0.3, 0.4) is 0 Å². The number of amides is 5. The van der Waals surface area contributed by atoms with Gasteiger partial charge in [-0.1, -0.05) is 97.1 Å². The lowest BCUT2D eigenvalue weighted by Gasteiger charge is -2.29. The molecule has 2 rings (SSSR count). The Labute approximate surface area is 308 Å². The summed E-state index contributed by atoms with van der Waals surface area (Å²) in [5.41, 5.74) is 0.690. The summed E-state index contributed by atoms with van der Waals surface area (Å²) in [5, 5.41) is 33.6. The van der Waals surface area contributed by atoms with Crippen LogP contribution in [-0.2, 0) is 39.9 Å². The average molecular weight is 732 g/mol. The highest BCUT2D eigenvalue weighted by atomic mass is 16.5. The van der Waals surface area contributed by atoms with Crippen molar-refractivity contribution >= 4 is 35.5 Å². The minimum Gasteiger partial charge on any atom is -0.460 e. The second-order valence-corrected chi connectivity index (χ2v) is 14.3. The predicted molar refractivity (Wildman–Crippen MR) is 195 cm³/mol. The summed E-state index contributed by atoms with van der Waals surface area (Å²) in [5.74, 6) is -5.04. The third-order valence-electron chi connectivity index (χ3n) is 9.24. The Morgan fingerprint density at radius 2 is 1.33 bits per heavy atom. The van der Waals surface area contributed by atoms with E-state index < -0.39 is 90.4 Å². The number of nitrogens with one attached hydrogen (secondary N) is 5. The van der Waals surface area contributed by atoms with Gasteiger partial charge in [-0.25, -0.2) is 4.79 Å². The lowest BCUT2D eigenvalue weighted by Crippen LogP contribution is -2.62. The SMILES string of the molecule is CCCCCCC[C@@H]1CC(=O)N[C@H](CC(C)C)C(=O)N[C@H](CO)C(=O)N[C@H]([C@H](C)O)C(=O)N[C@@H](Cc2ccccc2)C(=O)N[C@@H](C(C)CC)C(=O)O1. The van der Waals surface area contributed by atoms with E-state index in [2.05, 4.69) is 33.5 Å². The molecule has 1 unspecified atom stereocenters. The Hall–Kier alpha value is -4.04. The highest BCUT2D eigenvalue weighted by Crippen LogP contribution is 2.18. The van der Waals surface area contributed by atoms with Crippen LogP contribution in [0, 0.1) is 11.8 Å². The van der Waals surface area contributed by atoms with Crippen molar-refractivity contribution in [1.29, 1.82) is 0 Å². The van der Waals surface area contributed by atoms with E-state index in [9.17, 15) is 39.0 Å². The highest BCUT2D eigenvalue weighted by Gasteiger charge is 2.36. The quantitative estimate of drug-likeness (QED) is 0.110. The van der Waals surface area contributed by atoms with Gasteiger partial charge in [-0.15, -0.1) is 0 Å². The molecule has 0 aromatic heterocycles. The van der Waals surface area contributed by atoms with Gasteiger partial charge in [0.2, 0.25) is 29.5 Å². The standard InChI is InChI=1S/C38H61N5O9/c1-7-9-10-11-15-18-27-21-31(46)39-28(19-23(3)4)34(47)41-30(22-44)36(49)43-33(25(6)45)37(50)40-29(20-26-16-13-12-14-17-26)35(48)42-32(24(5)8-2)38(51)52-27/h12-14,16-17,23-25,27-30,32-33,44-45H,7-11,15,18-22H2,1-6H3,(H,39,46)(H,40,50)(H,41,47)(H,42,48)(H,43,49)/t24?,25-,27+,28+,29-,30+,32-,33+/m0/s1. The van der Waals surface area contributed by atoms with Crippen LogP contribution in [-0.4, -0.2) is 94.7 Å². The molecule has 292 valence electrons. The van der Waals surface area contributed by atoms with Gasteiger partial charge in [0.25, 0.3) is 0 Å². The Bertz CT molecular complexity index is 1310. The van der Waals surface area contributed by atoms with E-state index in [1.165, 1.54) is 6.92 Å². The van der Waals surface area contributed by atoms with Crippen molar-refractivity contribution in [2.45, 2.75) is 148 Å². The Balaban J connectivity index is 2.60. The highest BCUT2D eigenvalue weighted by molar-refractivity contribution is 5.96. The number of carbonyl (C=O) groups excluding carboxylic acids is 6. The first-order valence-electron chi connectivity index (χ1n) is 18.7. The molecule has 1 aliphatic heterocycles. The summed E-state index contributed by atoms with van der Waals surface area (Å²) in [6.07, 6.45) is 3.15. The normalized spacial score (nSPS) is 25.6.